The molecule has 1 saturated heterocycles. The molecule has 5 rings (SSSR count). The first-order valence-corrected chi connectivity index (χ1v) is 11.8. The third-order valence-electron chi connectivity index (χ3n) is 6.52. The summed E-state index contributed by atoms with van der Waals surface area (Å²) in [5.41, 5.74) is 1.56. The summed E-state index contributed by atoms with van der Waals surface area (Å²) >= 11 is 0. The number of carbonyl (C=O) groups excluding carboxylic acids is 3. The lowest BCUT2D eigenvalue weighted by atomic mass is 10.2. The third kappa shape index (κ3) is 4.98. The van der Waals surface area contributed by atoms with Gasteiger partial charge in [0.2, 0.25) is 5.88 Å². The maximum Gasteiger partial charge on any atom is 0.415 e. The Morgan fingerprint density at radius 2 is 2.03 bits per heavy atom. The van der Waals surface area contributed by atoms with E-state index >= 15 is 0 Å². The van der Waals surface area contributed by atoms with Crippen LogP contribution in [0, 0.1) is 17.8 Å². The number of hydrogen-bond acceptors (Lipinski definition) is 9. The molecule has 3 amide bonds. The van der Waals surface area contributed by atoms with Crippen LogP contribution in [0.25, 0.3) is 11.0 Å². The van der Waals surface area contributed by atoms with E-state index in [-0.39, 0.29) is 30.9 Å². The summed E-state index contributed by atoms with van der Waals surface area (Å²) in [6.45, 7) is 0.0234. The fourth-order valence-corrected chi connectivity index (χ4v) is 4.53. The number of hydrogen-bond donors (Lipinski definition) is 1. The minimum absolute atomic E-state index is 0.0234. The van der Waals surface area contributed by atoms with Gasteiger partial charge in [0.05, 0.1) is 31.8 Å². The van der Waals surface area contributed by atoms with Crippen LogP contribution in [0.15, 0.2) is 18.2 Å². The summed E-state index contributed by atoms with van der Waals surface area (Å²) in [5, 5.41) is 2.22. The number of urea groups is 1. The summed E-state index contributed by atoms with van der Waals surface area (Å²) in [4.78, 5) is 48.0. The minimum atomic E-state index is -0.941. The molecule has 1 N–H and O–H groups in total. The van der Waals surface area contributed by atoms with Crippen LogP contribution < -0.4 is 14.8 Å². The van der Waals surface area contributed by atoms with Crippen LogP contribution in [-0.4, -0.2) is 72.0 Å². The molecule has 0 spiro atoms. The van der Waals surface area contributed by atoms with Crippen molar-refractivity contribution in [3.05, 3.63) is 23.9 Å². The van der Waals surface area contributed by atoms with E-state index in [1.807, 2.05) is 0 Å². The Labute approximate surface area is 207 Å². The van der Waals surface area contributed by atoms with Gasteiger partial charge in [-0.25, -0.2) is 29.7 Å². The van der Waals surface area contributed by atoms with Gasteiger partial charge in [-0.05, 0) is 43.2 Å². The van der Waals surface area contributed by atoms with Crippen molar-refractivity contribution in [3.63, 3.8) is 0 Å². The molecule has 4 atom stereocenters. The largest absolute Gasteiger partial charge is 0.497 e. The molecule has 0 radical (unpaired) electrons. The van der Waals surface area contributed by atoms with Gasteiger partial charge in [-0.1, -0.05) is 5.92 Å². The van der Waals surface area contributed by atoms with Gasteiger partial charge in [-0.2, -0.15) is 0 Å². The number of nitrogens with zero attached hydrogens (tertiary/aromatic N) is 3. The van der Waals surface area contributed by atoms with Crippen LogP contribution >= 0.6 is 0 Å². The SMILES string of the molecule is COC(=O)[C@@H]1C[C@@H]2CN1C(=O)NC(=O)O[C@@H]1C[C@H]1CCCC#Cc1nc3ccc(OC)cc3nc1O2. The molecule has 2 aromatic rings. The highest BCUT2D eigenvalue weighted by Crippen LogP contribution is 2.38. The molecule has 11 heteroatoms. The number of fused-ring (bicyclic) bond motifs is 5. The molecule has 1 aliphatic carbocycles. The maximum absolute atomic E-state index is 12.9. The van der Waals surface area contributed by atoms with Gasteiger partial charge >= 0.3 is 18.1 Å². The van der Waals surface area contributed by atoms with Crippen molar-refractivity contribution in [2.24, 2.45) is 5.92 Å². The van der Waals surface area contributed by atoms with Crippen molar-refractivity contribution in [1.29, 1.82) is 0 Å². The second-order valence-electron chi connectivity index (χ2n) is 8.96. The fourth-order valence-electron chi connectivity index (χ4n) is 4.53. The number of nitrogens with one attached hydrogen (secondary N) is 1. The maximum atomic E-state index is 12.9. The molecule has 1 aromatic carbocycles. The second kappa shape index (κ2) is 9.89. The number of alkyl carbamates (subject to hydrolysis) is 1. The molecular weight excluding hydrogens is 468 g/mol. The molecular formula is C25H26N4O7. The molecule has 3 aliphatic rings. The standard InChI is InChI=1S/C25H26N4O7/c1-33-15-8-9-17-19(11-15)27-22-18(26-17)7-5-3-4-6-14-10-21(14)36-25(32)28-24(31)29-13-16(35-22)12-20(29)23(30)34-2/h8-9,11,14,16,20-21H,3-4,6,10,12-13H2,1-2H3,(H,28,31,32)/t14-,16-,20+,21-/m1/s1. The molecule has 36 heavy (non-hydrogen) atoms. The first kappa shape index (κ1) is 23.7. The Morgan fingerprint density at radius 1 is 1.17 bits per heavy atom. The lowest BCUT2D eigenvalue weighted by molar-refractivity contribution is -0.145. The van der Waals surface area contributed by atoms with E-state index in [4.69, 9.17) is 18.9 Å². The van der Waals surface area contributed by atoms with Gasteiger partial charge in [0.25, 0.3) is 0 Å². The minimum Gasteiger partial charge on any atom is -0.497 e. The van der Waals surface area contributed by atoms with Crippen LogP contribution in [-0.2, 0) is 14.3 Å². The van der Waals surface area contributed by atoms with Crippen LogP contribution in [0.5, 0.6) is 11.6 Å². The van der Waals surface area contributed by atoms with Gasteiger partial charge < -0.3 is 23.8 Å². The molecule has 0 unspecified atom stereocenters. The third-order valence-corrected chi connectivity index (χ3v) is 6.52. The second-order valence-corrected chi connectivity index (χ2v) is 8.96. The zero-order valence-electron chi connectivity index (χ0n) is 20.0. The van der Waals surface area contributed by atoms with Crippen LogP contribution in [0.3, 0.4) is 0 Å². The van der Waals surface area contributed by atoms with E-state index in [1.54, 1.807) is 25.3 Å². The summed E-state index contributed by atoms with van der Waals surface area (Å²) in [6.07, 6.45) is 1.56. The van der Waals surface area contributed by atoms with Gasteiger partial charge in [-0.15, -0.1) is 0 Å². The van der Waals surface area contributed by atoms with E-state index in [2.05, 4.69) is 27.1 Å². The quantitative estimate of drug-likeness (QED) is 0.494. The molecule has 1 aromatic heterocycles. The number of ether oxygens (including phenoxy) is 4. The molecule has 1 saturated carbocycles. The summed E-state index contributed by atoms with van der Waals surface area (Å²) < 4.78 is 21.7. The predicted molar refractivity (Wildman–Crippen MR) is 125 cm³/mol. The lowest BCUT2D eigenvalue weighted by Crippen LogP contribution is -2.48. The van der Waals surface area contributed by atoms with Crippen molar-refractivity contribution < 1.29 is 33.3 Å². The number of carbonyl (C=O) groups is 3. The summed E-state index contributed by atoms with van der Waals surface area (Å²) in [6, 6.07) is 3.64. The Kier molecular flexibility index (Phi) is 6.50. The molecule has 11 nitrogen and oxygen atoms in total. The molecule has 3 heterocycles. The zero-order chi connectivity index (χ0) is 25.2. The Morgan fingerprint density at radius 3 is 2.83 bits per heavy atom. The Balaban J connectivity index is 1.49. The molecule has 188 valence electrons. The molecule has 2 aliphatic heterocycles. The first-order valence-electron chi connectivity index (χ1n) is 11.8. The van der Waals surface area contributed by atoms with Crippen LogP contribution in [0.1, 0.15) is 37.8 Å². The van der Waals surface area contributed by atoms with E-state index in [0.717, 1.165) is 19.3 Å². The Bertz CT molecular complexity index is 1270. The highest BCUT2D eigenvalue weighted by Gasteiger charge is 2.44. The topological polar surface area (TPSA) is 129 Å². The fraction of sp³-hybridized carbons (Fsp3) is 0.480. The van der Waals surface area contributed by atoms with Crippen molar-refractivity contribution >= 4 is 29.1 Å². The van der Waals surface area contributed by atoms with Crippen LogP contribution in [0.2, 0.25) is 0 Å². The monoisotopic (exact) mass is 494 g/mol. The van der Waals surface area contributed by atoms with E-state index < -0.39 is 30.2 Å². The van der Waals surface area contributed by atoms with Crippen molar-refractivity contribution in [2.75, 3.05) is 20.8 Å². The number of aromatic nitrogens is 2. The van der Waals surface area contributed by atoms with E-state index in [1.165, 1.54) is 12.0 Å². The predicted octanol–water partition coefficient (Wildman–Crippen LogP) is 2.40. The van der Waals surface area contributed by atoms with Crippen LogP contribution in [0.4, 0.5) is 9.59 Å². The van der Waals surface area contributed by atoms with Gasteiger partial charge in [0.1, 0.15) is 24.0 Å². The summed E-state index contributed by atoms with van der Waals surface area (Å²) in [7, 11) is 2.80. The first-order chi connectivity index (χ1) is 17.4. The average molecular weight is 495 g/mol. The van der Waals surface area contributed by atoms with Crippen molar-refractivity contribution in [2.45, 2.75) is 50.4 Å². The van der Waals surface area contributed by atoms with E-state index in [0.29, 0.717) is 28.9 Å². The summed E-state index contributed by atoms with van der Waals surface area (Å²) in [5.74, 6) is 6.67. The van der Waals surface area contributed by atoms with Crippen molar-refractivity contribution in [1.82, 2.24) is 20.2 Å². The smallest absolute Gasteiger partial charge is 0.415 e. The zero-order valence-corrected chi connectivity index (χ0v) is 20.0. The normalized spacial score (nSPS) is 25.7. The number of rotatable bonds is 2. The van der Waals surface area contributed by atoms with Gasteiger partial charge in [-0.3, -0.25) is 0 Å². The number of methoxy groups -OCH3 is 2. The number of imide groups is 1. The highest BCUT2D eigenvalue weighted by atomic mass is 16.6. The van der Waals surface area contributed by atoms with Crippen molar-refractivity contribution in [3.8, 4) is 23.5 Å². The molecule has 2 fully saturated rings. The van der Waals surface area contributed by atoms with Gasteiger partial charge in [0.15, 0.2) is 5.69 Å². The molecule has 2 bridgehead atoms. The number of esters is 1. The average Bonchev–Trinajstić information content (AvgIpc) is 3.45. The van der Waals surface area contributed by atoms with E-state index in [9.17, 15) is 14.4 Å². The number of benzene rings is 1. The Hall–Kier alpha value is -4.07. The lowest BCUT2D eigenvalue weighted by Gasteiger charge is -2.22. The number of amides is 3. The highest BCUT2D eigenvalue weighted by molar-refractivity contribution is 5.93. The van der Waals surface area contributed by atoms with Gasteiger partial charge in [0, 0.05) is 18.9 Å².